The standard InChI is InChI=1S/C14H27N3O/c1-14(16-11-15,13(18)17(2)3)10-9-12-7-5-4-6-8-12/h11-12H,4-10H2,1-3H3,(H2,15,16). The molecule has 0 aliphatic heterocycles. The van der Waals surface area contributed by atoms with Crippen molar-refractivity contribution in [3.8, 4) is 0 Å². The molecule has 1 amide bonds. The number of aliphatic imine (C=N–C) groups is 1. The highest BCUT2D eigenvalue weighted by molar-refractivity contribution is 5.86. The smallest absolute Gasteiger partial charge is 0.249 e. The molecule has 2 N–H and O–H groups in total. The zero-order valence-corrected chi connectivity index (χ0v) is 12.0. The summed E-state index contributed by atoms with van der Waals surface area (Å²) in [5.41, 5.74) is 4.71. The third-order valence-electron chi connectivity index (χ3n) is 3.99. The van der Waals surface area contributed by atoms with Gasteiger partial charge in [0.25, 0.3) is 0 Å². The Kier molecular flexibility index (Phi) is 5.63. The van der Waals surface area contributed by atoms with E-state index in [-0.39, 0.29) is 5.91 Å². The SMILES string of the molecule is CN(C)C(=O)C(C)(CCC1CCCCC1)N=CN. The van der Waals surface area contributed by atoms with Gasteiger partial charge >= 0.3 is 0 Å². The van der Waals surface area contributed by atoms with Crippen LogP contribution in [0.3, 0.4) is 0 Å². The van der Waals surface area contributed by atoms with Gasteiger partial charge in [0.2, 0.25) is 5.91 Å². The van der Waals surface area contributed by atoms with Crippen LogP contribution in [0.25, 0.3) is 0 Å². The van der Waals surface area contributed by atoms with Crippen LogP contribution < -0.4 is 5.73 Å². The maximum atomic E-state index is 12.2. The normalized spacial score (nSPS) is 20.8. The molecule has 1 fully saturated rings. The molecular formula is C14H27N3O. The van der Waals surface area contributed by atoms with Crippen molar-refractivity contribution in [3.05, 3.63) is 0 Å². The van der Waals surface area contributed by atoms with E-state index in [1.165, 1.54) is 38.4 Å². The molecule has 1 rings (SSSR count). The summed E-state index contributed by atoms with van der Waals surface area (Å²) < 4.78 is 0. The molecule has 1 atom stereocenters. The van der Waals surface area contributed by atoms with Crippen LogP contribution >= 0.6 is 0 Å². The molecule has 0 saturated heterocycles. The lowest BCUT2D eigenvalue weighted by Gasteiger charge is -2.30. The van der Waals surface area contributed by atoms with E-state index in [0.29, 0.717) is 0 Å². The van der Waals surface area contributed by atoms with Crippen molar-refractivity contribution < 1.29 is 4.79 Å². The molecule has 1 unspecified atom stereocenters. The number of hydrogen-bond acceptors (Lipinski definition) is 2. The number of rotatable bonds is 5. The fourth-order valence-corrected chi connectivity index (χ4v) is 2.83. The molecule has 18 heavy (non-hydrogen) atoms. The van der Waals surface area contributed by atoms with Crippen LogP contribution in [0.5, 0.6) is 0 Å². The van der Waals surface area contributed by atoms with Crippen LogP contribution in [0.4, 0.5) is 0 Å². The third-order valence-corrected chi connectivity index (χ3v) is 3.99. The first-order valence-corrected chi connectivity index (χ1v) is 6.97. The van der Waals surface area contributed by atoms with Crippen LogP contribution in [0, 0.1) is 5.92 Å². The molecule has 1 aliphatic rings. The van der Waals surface area contributed by atoms with E-state index in [1.807, 2.05) is 6.92 Å². The van der Waals surface area contributed by atoms with Crippen molar-refractivity contribution in [2.24, 2.45) is 16.6 Å². The van der Waals surface area contributed by atoms with Gasteiger partial charge in [0.15, 0.2) is 0 Å². The van der Waals surface area contributed by atoms with Gasteiger partial charge < -0.3 is 10.6 Å². The second kappa shape index (κ2) is 6.76. The Labute approximate surface area is 111 Å². The summed E-state index contributed by atoms with van der Waals surface area (Å²) in [5, 5.41) is 0. The lowest BCUT2D eigenvalue weighted by atomic mass is 9.82. The highest BCUT2D eigenvalue weighted by atomic mass is 16.2. The number of likely N-dealkylation sites (N-methyl/N-ethyl adjacent to an activating group) is 1. The highest BCUT2D eigenvalue weighted by Crippen LogP contribution is 2.31. The lowest BCUT2D eigenvalue weighted by Crippen LogP contribution is -2.43. The van der Waals surface area contributed by atoms with E-state index in [4.69, 9.17) is 5.73 Å². The highest BCUT2D eigenvalue weighted by Gasteiger charge is 2.34. The second-order valence-electron chi connectivity index (χ2n) is 5.79. The molecule has 0 aromatic heterocycles. The van der Waals surface area contributed by atoms with Gasteiger partial charge in [-0.3, -0.25) is 9.79 Å². The maximum Gasteiger partial charge on any atom is 0.249 e. The molecule has 4 nitrogen and oxygen atoms in total. The van der Waals surface area contributed by atoms with Gasteiger partial charge in [-0.2, -0.15) is 0 Å². The molecule has 104 valence electrons. The molecule has 0 spiro atoms. The number of carbonyl (C=O) groups is 1. The van der Waals surface area contributed by atoms with E-state index in [2.05, 4.69) is 4.99 Å². The number of carbonyl (C=O) groups excluding carboxylic acids is 1. The van der Waals surface area contributed by atoms with Crippen molar-refractivity contribution >= 4 is 12.2 Å². The summed E-state index contributed by atoms with van der Waals surface area (Å²) in [7, 11) is 3.54. The van der Waals surface area contributed by atoms with Crippen LogP contribution in [0.2, 0.25) is 0 Å². The Morgan fingerprint density at radius 1 is 1.39 bits per heavy atom. The van der Waals surface area contributed by atoms with E-state index >= 15 is 0 Å². The summed E-state index contributed by atoms with van der Waals surface area (Å²) in [6.45, 7) is 1.89. The summed E-state index contributed by atoms with van der Waals surface area (Å²) in [6.07, 6.45) is 9.78. The first-order chi connectivity index (χ1) is 8.49. The monoisotopic (exact) mass is 253 g/mol. The summed E-state index contributed by atoms with van der Waals surface area (Å²) in [5.74, 6) is 0.807. The molecular weight excluding hydrogens is 226 g/mol. The van der Waals surface area contributed by atoms with Crippen LogP contribution in [-0.4, -0.2) is 36.8 Å². The van der Waals surface area contributed by atoms with E-state index in [9.17, 15) is 4.79 Å². The van der Waals surface area contributed by atoms with E-state index < -0.39 is 5.54 Å². The molecule has 4 heteroatoms. The number of hydrogen-bond donors (Lipinski definition) is 1. The minimum atomic E-state index is -0.685. The van der Waals surface area contributed by atoms with Gasteiger partial charge in [-0.05, 0) is 25.7 Å². The number of nitrogens with zero attached hydrogens (tertiary/aromatic N) is 2. The summed E-state index contributed by atoms with van der Waals surface area (Å²) in [6, 6.07) is 0. The third kappa shape index (κ3) is 4.00. The lowest BCUT2D eigenvalue weighted by molar-refractivity contribution is -0.134. The Bertz CT molecular complexity index is 295. The predicted molar refractivity (Wildman–Crippen MR) is 75.6 cm³/mol. The fourth-order valence-electron chi connectivity index (χ4n) is 2.83. The van der Waals surface area contributed by atoms with Crippen molar-refractivity contribution in [2.75, 3.05) is 14.1 Å². The van der Waals surface area contributed by atoms with Crippen LogP contribution in [-0.2, 0) is 4.79 Å². The summed E-state index contributed by atoms with van der Waals surface area (Å²) >= 11 is 0. The Hall–Kier alpha value is -1.06. The molecule has 0 aromatic rings. The average molecular weight is 253 g/mol. The zero-order chi connectivity index (χ0) is 13.6. The Morgan fingerprint density at radius 2 is 2.00 bits per heavy atom. The molecule has 0 bridgehead atoms. The van der Waals surface area contributed by atoms with Gasteiger partial charge in [0.05, 0.1) is 6.34 Å². The quantitative estimate of drug-likeness (QED) is 0.603. The zero-order valence-electron chi connectivity index (χ0n) is 12.0. The Balaban J connectivity index is 2.58. The minimum absolute atomic E-state index is 0.0417. The van der Waals surface area contributed by atoms with Gasteiger partial charge in [-0.1, -0.05) is 32.1 Å². The van der Waals surface area contributed by atoms with Gasteiger partial charge in [0, 0.05) is 14.1 Å². The molecule has 0 aromatic carbocycles. The van der Waals surface area contributed by atoms with Crippen LogP contribution in [0.1, 0.15) is 51.9 Å². The Morgan fingerprint density at radius 3 is 2.50 bits per heavy atom. The topological polar surface area (TPSA) is 58.7 Å². The second-order valence-corrected chi connectivity index (χ2v) is 5.79. The van der Waals surface area contributed by atoms with Crippen molar-refractivity contribution in [1.29, 1.82) is 0 Å². The first-order valence-electron chi connectivity index (χ1n) is 6.97. The van der Waals surface area contributed by atoms with E-state index in [1.54, 1.807) is 19.0 Å². The molecule has 0 heterocycles. The largest absolute Gasteiger partial charge is 0.390 e. The van der Waals surface area contributed by atoms with E-state index in [0.717, 1.165) is 18.8 Å². The van der Waals surface area contributed by atoms with Crippen LogP contribution in [0.15, 0.2) is 4.99 Å². The van der Waals surface area contributed by atoms with Gasteiger partial charge in [-0.25, -0.2) is 0 Å². The fraction of sp³-hybridized carbons (Fsp3) is 0.857. The van der Waals surface area contributed by atoms with Crippen molar-refractivity contribution in [1.82, 2.24) is 4.90 Å². The minimum Gasteiger partial charge on any atom is -0.390 e. The molecule has 1 aliphatic carbocycles. The summed E-state index contributed by atoms with van der Waals surface area (Å²) in [4.78, 5) is 18.0. The number of nitrogens with two attached hydrogens (primary N) is 1. The van der Waals surface area contributed by atoms with Crippen molar-refractivity contribution in [2.45, 2.75) is 57.4 Å². The predicted octanol–water partition coefficient (Wildman–Crippen LogP) is 2.18. The van der Waals surface area contributed by atoms with Gasteiger partial charge in [0.1, 0.15) is 5.54 Å². The molecule has 1 saturated carbocycles. The van der Waals surface area contributed by atoms with Gasteiger partial charge in [-0.15, -0.1) is 0 Å². The number of amides is 1. The maximum absolute atomic E-state index is 12.2. The van der Waals surface area contributed by atoms with Crippen molar-refractivity contribution in [3.63, 3.8) is 0 Å². The molecule has 0 radical (unpaired) electrons. The first kappa shape index (κ1) is 15.0. The average Bonchev–Trinajstić information content (AvgIpc) is 2.37.